The van der Waals surface area contributed by atoms with Crippen LogP contribution in [0.2, 0.25) is 0 Å². The molecule has 0 saturated carbocycles. The van der Waals surface area contributed by atoms with Gasteiger partial charge in [0.1, 0.15) is 0 Å². The number of rotatable bonds is 4. The van der Waals surface area contributed by atoms with Crippen molar-refractivity contribution < 1.29 is 8.42 Å². The van der Waals surface area contributed by atoms with E-state index in [1.54, 1.807) is 24.3 Å². The van der Waals surface area contributed by atoms with E-state index in [0.717, 1.165) is 4.47 Å². The van der Waals surface area contributed by atoms with Gasteiger partial charge in [-0.1, -0.05) is 22.0 Å². The van der Waals surface area contributed by atoms with Crippen molar-refractivity contribution in [3.63, 3.8) is 0 Å². The Morgan fingerprint density at radius 3 is 2.37 bits per heavy atom. The van der Waals surface area contributed by atoms with Crippen LogP contribution in [0.1, 0.15) is 20.8 Å². The largest absolute Gasteiger partial charge is 0.244 e. The van der Waals surface area contributed by atoms with Crippen molar-refractivity contribution >= 4 is 41.9 Å². The zero-order valence-electron chi connectivity index (χ0n) is 11.2. The smallest absolute Gasteiger partial charge is 0.207 e. The average molecular weight is 411 g/mol. The first-order valence-corrected chi connectivity index (χ1v) is 8.72. The van der Waals surface area contributed by atoms with Gasteiger partial charge in [-0.3, -0.25) is 0 Å². The van der Waals surface area contributed by atoms with Gasteiger partial charge in [-0.25, -0.2) is 8.42 Å². The van der Waals surface area contributed by atoms with E-state index in [4.69, 9.17) is 0 Å². The van der Waals surface area contributed by atoms with E-state index >= 15 is 0 Å². The normalized spacial score (nSPS) is 12.7. The maximum Gasteiger partial charge on any atom is 0.244 e. The Morgan fingerprint density at radius 1 is 1.32 bits per heavy atom. The van der Waals surface area contributed by atoms with Crippen LogP contribution in [0.4, 0.5) is 0 Å². The van der Waals surface area contributed by atoms with Gasteiger partial charge in [-0.05, 0) is 54.9 Å². The highest BCUT2D eigenvalue weighted by molar-refractivity contribution is 9.11. The van der Waals surface area contributed by atoms with Crippen molar-refractivity contribution in [3.05, 3.63) is 39.8 Å². The molecule has 6 heteroatoms. The fourth-order valence-electron chi connectivity index (χ4n) is 1.64. The summed E-state index contributed by atoms with van der Waals surface area (Å²) in [6.45, 7) is 9.49. The molecule has 0 spiro atoms. The molecule has 0 aliphatic carbocycles. The molecule has 0 atom stereocenters. The number of hydrogen-bond donors (Lipinski definition) is 0. The maximum atomic E-state index is 12.8. The highest BCUT2D eigenvalue weighted by Crippen LogP contribution is 2.31. The molecule has 0 saturated heterocycles. The summed E-state index contributed by atoms with van der Waals surface area (Å²) in [6.07, 6.45) is 1.59. The monoisotopic (exact) mass is 409 g/mol. The predicted molar refractivity (Wildman–Crippen MR) is 85.7 cm³/mol. The van der Waals surface area contributed by atoms with E-state index in [9.17, 15) is 8.42 Å². The quantitative estimate of drug-likeness (QED) is 0.698. The first kappa shape index (κ1) is 16.9. The van der Waals surface area contributed by atoms with Crippen LogP contribution < -0.4 is 0 Å². The second-order valence-corrected chi connectivity index (χ2v) is 8.67. The van der Waals surface area contributed by atoms with Gasteiger partial charge in [-0.15, -0.1) is 6.58 Å². The van der Waals surface area contributed by atoms with E-state index in [1.165, 1.54) is 4.31 Å². The van der Waals surface area contributed by atoms with Gasteiger partial charge in [0.15, 0.2) is 0 Å². The summed E-state index contributed by atoms with van der Waals surface area (Å²) < 4.78 is 28.2. The Labute approximate surface area is 132 Å². The predicted octanol–water partition coefficient (Wildman–Crippen LogP) is 4.19. The summed E-state index contributed by atoms with van der Waals surface area (Å²) in [5.74, 6) is 0. The van der Waals surface area contributed by atoms with Crippen LogP contribution in [0.15, 0.2) is 44.7 Å². The lowest BCUT2D eigenvalue weighted by atomic mass is 10.1. The lowest BCUT2D eigenvalue weighted by Crippen LogP contribution is -2.45. The first-order chi connectivity index (χ1) is 8.60. The summed E-state index contributed by atoms with van der Waals surface area (Å²) in [6, 6.07) is 5.10. The Balaban J connectivity index is 3.43. The van der Waals surface area contributed by atoms with Crippen molar-refractivity contribution in [2.24, 2.45) is 0 Å². The van der Waals surface area contributed by atoms with Crippen molar-refractivity contribution in [1.29, 1.82) is 0 Å². The molecule has 1 aromatic carbocycles. The number of halogens is 2. The molecule has 19 heavy (non-hydrogen) atoms. The number of nitrogens with zero attached hydrogens (tertiary/aromatic N) is 1. The van der Waals surface area contributed by atoms with Crippen LogP contribution in [0, 0.1) is 0 Å². The fraction of sp³-hybridized carbons (Fsp3) is 0.385. The molecule has 0 amide bonds. The van der Waals surface area contributed by atoms with Crippen LogP contribution in [0.3, 0.4) is 0 Å². The van der Waals surface area contributed by atoms with Crippen LogP contribution in [0.25, 0.3) is 0 Å². The highest BCUT2D eigenvalue weighted by atomic mass is 79.9. The first-order valence-electron chi connectivity index (χ1n) is 5.69. The SMILES string of the molecule is C=CCN(C(C)(C)C)S(=O)(=O)c1cc(Br)ccc1Br. The van der Waals surface area contributed by atoms with E-state index in [2.05, 4.69) is 38.4 Å². The molecule has 0 heterocycles. The van der Waals surface area contributed by atoms with Gasteiger partial charge in [0.25, 0.3) is 0 Å². The van der Waals surface area contributed by atoms with Gasteiger partial charge < -0.3 is 0 Å². The third kappa shape index (κ3) is 3.90. The van der Waals surface area contributed by atoms with Crippen LogP contribution in [-0.4, -0.2) is 24.8 Å². The topological polar surface area (TPSA) is 37.4 Å². The van der Waals surface area contributed by atoms with Crippen LogP contribution >= 0.6 is 31.9 Å². The number of sulfonamides is 1. The number of hydrogen-bond acceptors (Lipinski definition) is 2. The molecule has 0 N–H and O–H groups in total. The summed E-state index contributed by atoms with van der Waals surface area (Å²) >= 11 is 6.60. The Kier molecular flexibility index (Phi) is 5.40. The summed E-state index contributed by atoms with van der Waals surface area (Å²) in [4.78, 5) is 0.249. The lowest BCUT2D eigenvalue weighted by Gasteiger charge is -2.33. The van der Waals surface area contributed by atoms with Gasteiger partial charge in [0, 0.05) is 21.0 Å². The van der Waals surface area contributed by atoms with E-state index in [1.807, 2.05) is 20.8 Å². The third-order valence-electron chi connectivity index (χ3n) is 2.50. The molecule has 0 aromatic heterocycles. The van der Waals surface area contributed by atoms with E-state index in [0.29, 0.717) is 4.47 Å². The van der Waals surface area contributed by atoms with Crippen molar-refractivity contribution in [1.82, 2.24) is 4.31 Å². The van der Waals surface area contributed by atoms with Gasteiger partial charge >= 0.3 is 0 Å². The van der Waals surface area contributed by atoms with Crippen LogP contribution in [-0.2, 0) is 10.0 Å². The van der Waals surface area contributed by atoms with Crippen molar-refractivity contribution in [2.75, 3.05) is 6.54 Å². The van der Waals surface area contributed by atoms with Crippen molar-refractivity contribution in [2.45, 2.75) is 31.2 Å². The minimum atomic E-state index is -3.59. The maximum absolute atomic E-state index is 12.8. The Bertz CT molecular complexity index is 577. The summed E-state index contributed by atoms with van der Waals surface area (Å²) in [7, 11) is -3.59. The molecule has 1 rings (SSSR count). The molecule has 0 aliphatic rings. The third-order valence-corrected chi connectivity index (χ3v) is 6.12. The minimum Gasteiger partial charge on any atom is -0.207 e. The Hall–Kier alpha value is -0.170. The average Bonchev–Trinajstić information content (AvgIpc) is 2.27. The highest BCUT2D eigenvalue weighted by Gasteiger charge is 2.34. The second-order valence-electron chi connectivity index (χ2n) is 5.07. The molecular weight excluding hydrogens is 394 g/mol. The zero-order valence-corrected chi connectivity index (χ0v) is 15.1. The van der Waals surface area contributed by atoms with Gasteiger partial charge in [0.2, 0.25) is 10.0 Å². The van der Waals surface area contributed by atoms with Gasteiger partial charge in [0.05, 0.1) is 4.90 Å². The summed E-state index contributed by atoms with van der Waals surface area (Å²) in [5.41, 5.74) is -0.519. The molecule has 3 nitrogen and oxygen atoms in total. The van der Waals surface area contributed by atoms with E-state index < -0.39 is 15.6 Å². The molecule has 0 aliphatic heterocycles. The molecule has 0 fully saturated rings. The minimum absolute atomic E-state index is 0.249. The lowest BCUT2D eigenvalue weighted by molar-refractivity contribution is 0.269. The summed E-state index contributed by atoms with van der Waals surface area (Å²) in [5, 5.41) is 0. The van der Waals surface area contributed by atoms with Crippen LogP contribution in [0.5, 0.6) is 0 Å². The number of benzene rings is 1. The molecular formula is C13H17Br2NO2S. The van der Waals surface area contributed by atoms with Crippen molar-refractivity contribution in [3.8, 4) is 0 Å². The van der Waals surface area contributed by atoms with E-state index in [-0.39, 0.29) is 11.4 Å². The zero-order chi connectivity index (χ0) is 14.8. The van der Waals surface area contributed by atoms with Gasteiger partial charge in [-0.2, -0.15) is 4.31 Å². The Morgan fingerprint density at radius 2 is 1.89 bits per heavy atom. The standard InChI is InChI=1S/C13H17Br2NO2S/c1-5-8-16(13(2,3)4)19(17,18)12-9-10(14)6-7-11(12)15/h5-7,9H,1,8H2,2-4H3. The molecule has 1 aromatic rings. The molecule has 0 unspecified atom stereocenters. The second kappa shape index (κ2) is 6.08. The molecule has 0 bridgehead atoms. The fourth-order valence-corrected chi connectivity index (χ4v) is 4.87. The molecule has 0 radical (unpaired) electrons. The molecule has 106 valence electrons.